The van der Waals surface area contributed by atoms with Gasteiger partial charge in [0.25, 0.3) is 0 Å². The molecule has 0 aromatic carbocycles. The standard InChI is InChI=1S/C14H20N4O3/c1-11(13(19)20)17-6-8-18(9-7-17)14(21)16-10-12-4-2-3-5-15-12/h2-5,11H,6-10H2,1H3,(H,16,21)(H,19,20). The molecule has 0 radical (unpaired) electrons. The van der Waals surface area contributed by atoms with Crippen LogP contribution in [0.4, 0.5) is 4.79 Å². The Labute approximate surface area is 123 Å². The molecule has 2 N–H and O–H groups in total. The van der Waals surface area contributed by atoms with Gasteiger partial charge in [0.15, 0.2) is 0 Å². The molecule has 114 valence electrons. The maximum Gasteiger partial charge on any atom is 0.320 e. The minimum absolute atomic E-state index is 0.136. The fraction of sp³-hybridized carbons (Fsp3) is 0.500. The molecule has 1 aliphatic rings. The fourth-order valence-electron chi connectivity index (χ4n) is 2.25. The summed E-state index contributed by atoms with van der Waals surface area (Å²) in [6.07, 6.45) is 1.69. The summed E-state index contributed by atoms with van der Waals surface area (Å²) in [5, 5.41) is 11.8. The number of carbonyl (C=O) groups excluding carboxylic acids is 1. The summed E-state index contributed by atoms with van der Waals surface area (Å²) in [7, 11) is 0. The van der Waals surface area contributed by atoms with Crippen molar-refractivity contribution in [3.63, 3.8) is 0 Å². The van der Waals surface area contributed by atoms with E-state index in [-0.39, 0.29) is 6.03 Å². The number of carboxylic acids is 1. The molecular formula is C14H20N4O3. The average molecular weight is 292 g/mol. The number of nitrogens with one attached hydrogen (secondary N) is 1. The number of hydrogen-bond acceptors (Lipinski definition) is 4. The molecule has 7 nitrogen and oxygen atoms in total. The summed E-state index contributed by atoms with van der Waals surface area (Å²) in [5.74, 6) is -0.831. The lowest BCUT2D eigenvalue weighted by Crippen LogP contribution is -2.55. The van der Waals surface area contributed by atoms with Crippen molar-refractivity contribution in [2.45, 2.75) is 19.5 Å². The van der Waals surface area contributed by atoms with E-state index in [2.05, 4.69) is 10.3 Å². The van der Waals surface area contributed by atoms with Crippen molar-refractivity contribution in [1.82, 2.24) is 20.1 Å². The van der Waals surface area contributed by atoms with Gasteiger partial charge in [-0.2, -0.15) is 0 Å². The van der Waals surface area contributed by atoms with E-state index in [9.17, 15) is 9.59 Å². The zero-order chi connectivity index (χ0) is 15.2. The zero-order valence-electron chi connectivity index (χ0n) is 12.0. The summed E-state index contributed by atoms with van der Waals surface area (Å²) in [6, 6.07) is 4.91. The third-order valence-electron chi connectivity index (χ3n) is 3.65. The first kappa shape index (κ1) is 15.2. The van der Waals surface area contributed by atoms with Gasteiger partial charge in [-0.05, 0) is 19.1 Å². The number of carbonyl (C=O) groups is 2. The number of carboxylic acid groups (broad SMARTS) is 1. The smallest absolute Gasteiger partial charge is 0.320 e. The molecule has 0 aliphatic carbocycles. The first-order chi connectivity index (χ1) is 10.1. The summed E-state index contributed by atoms with van der Waals surface area (Å²) in [6.45, 7) is 4.27. The molecule has 1 aromatic rings. The summed E-state index contributed by atoms with van der Waals surface area (Å²) < 4.78 is 0. The highest BCUT2D eigenvalue weighted by Gasteiger charge is 2.26. The van der Waals surface area contributed by atoms with Crippen LogP contribution in [0.3, 0.4) is 0 Å². The van der Waals surface area contributed by atoms with Crippen LogP contribution in [0, 0.1) is 0 Å². The summed E-state index contributed by atoms with van der Waals surface area (Å²) in [5.41, 5.74) is 0.809. The van der Waals surface area contributed by atoms with Crippen molar-refractivity contribution in [3.8, 4) is 0 Å². The molecule has 0 spiro atoms. The van der Waals surface area contributed by atoms with E-state index in [0.717, 1.165) is 5.69 Å². The number of aliphatic carboxylic acids is 1. The predicted octanol–water partition coefficient (Wildman–Crippen LogP) is 0.382. The minimum atomic E-state index is -0.831. The highest BCUT2D eigenvalue weighted by atomic mass is 16.4. The molecule has 1 saturated heterocycles. The lowest BCUT2D eigenvalue weighted by Gasteiger charge is -2.36. The maximum atomic E-state index is 12.0. The van der Waals surface area contributed by atoms with Crippen LogP contribution in [0.2, 0.25) is 0 Å². The number of amides is 2. The van der Waals surface area contributed by atoms with Gasteiger partial charge < -0.3 is 15.3 Å². The molecule has 1 atom stereocenters. The van der Waals surface area contributed by atoms with Crippen molar-refractivity contribution in [2.75, 3.05) is 26.2 Å². The predicted molar refractivity (Wildman–Crippen MR) is 76.7 cm³/mol. The maximum absolute atomic E-state index is 12.0. The molecule has 0 bridgehead atoms. The number of urea groups is 1. The van der Waals surface area contributed by atoms with Crippen LogP contribution in [0.1, 0.15) is 12.6 Å². The van der Waals surface area contributed by atoms with Crippen molar-refractivity contribution in [1.29, 1.82) is 0 Å². The lowest BCUT2D eigenvalue weighted by molar-refractivity contribution is -0.143. The van der Waals surface area contributed by atoms with Gasteiger partial charge in [0, 0.05) is 32.4 Å². The van der Waals surface area contributed by atoms with Crippen LogP contribution < -0.4 is 5.32 Å². The largest absolute Gasteiger partial charge is 0.480 e. The monoisotopic (exact) mass is 292 g/mol. The highest BCUT2D eigenvalue weighted by Crippen LogP contribution is 2.07. The van der Waals surface area contributed by atoms with Crippen LogP contribution in [0.25, 0.3) is 0 Å². The van der Waals surface area contributed by atoms with Gasteiger partial charge in [0.05, 0.1) is 12.2 Å². The Morgan fingerprint density at radius 2 is 2.05 bits per heavy atom. The van der Waals surface area contributed by atoms with E-state index >= 15 is 0 Å². The van der Waals surface area contributed by atoms with Gasteiger partial charge in [-0.15, -0.1) is 0 Å². The molecule has 0 saturated carbocycles. The van der Waals surface area contributed by atoms with Crippen molar-refractivity contribution < 1.29 is 14.7 Å². The molecular weight excluding hydrogens is 272 g/mol. The SMILES string of the molecule is CC(C(=O)O)N1CCN(C(=O)NCc2ccccn2)CC1. The Bertz CT molecular complexity index is 486. The van der Waals surface area contributed by atoms with Gasteiger partial charge in [-0.1, -0.05) is 6.07 Å². The van der Waals surface area contributed by atoms with Crippen molar-refractivity contribution >= 4 is 12.0 Å². The molecule has 1 fully saturated rings. The number of rotatable bonds is 4. The van der Waals surface area contributed by atoms with Crippen LogP contribution in [-0.4, -0.2) is 64.1 Å². The van der Waals surface area contributed by atoms with Crippen molar-refractivity contribution in [3.05, 3.63) is 30.1 Å². The quantitative estimate of drug-likeness (QED) is 0.838. The molecule has 2 amide bonds. The summed E-state index contributed by atoms with van der Waals surface area (Å²) >= 11 is 0. The van der Waals surface area contributed by atoms with E-state index in [0.29, 0.717) is 32.7 Å². The zero-order valence-corrected chi connectivity index (χ0v) is 12.0. The number of hydrogen-bond donors (Lipinski definition) is 2. The lowest BCUT2D eigenvalue weighted by atomic mass is 10.2. The van der Waals surface area contributed by atoms with Crippen LogP contribution >= 0.6 is 0 Å². The Balaban J connectivity index is 1.77. The molecule has 1 unspecified atom stereocenters. The van der Waals surface area contributed by atoms with E-state index in [1.807, 2.05) is 23.1 Å². The van der Waals surface area contributed by atoms with Crippen LogP contribution in [-0.2, 0) is 11.3 Å². The van der Waals surface area contributed by atoms with E-state index in [1.54, 1.807) is 18.0 Å². The van der Waals surface area contributed by atoms with Gasteiger partial charge >= 0.3 is 12.0 Å². The van der Waals surface area contributed by atoms with E-state index in [4.69, 9.17) is 5.11 Å². The second-order valence-corrected chi connectivity index (χ2v) is 5.02. The van der Waals surface area contributed by atoms with Crippen LogP contribution in [0.15, 0.2) is 24.4 Å². The fourth-order valence-corrected chi connectivity index (χ4v) is 2.25. The summed E-state index contributed by atoms with van der Waals surface area (Å²) in [4.78, 5) is 30.7. The number of nitrogens with zero attached hydrogens (tertiary/aromatic N) is 3. The molecule has 7 heteroatoms. The van der Waals surface area contributed by atoms with Crippen molar-refractivity contribution in [2.24, 2.45) is 0 Å². The molecule has 21 heavy (non-hydrogen) atoms. The topological polar surface area (TPSA) is 85.8 Å². The molecule has 1 aliphatic heterocycles. The third kappa shape index (κ3) is 4.16. The van der Waals surface area contributed by atoms with Gasteiger partial charge in [-0.25, -0.2) is 4.79 Å². The Hall–Kier alpha value is -2.15. The molecule has 2 rings (SSSR count). The second-order valence-electron chi connectivity index (χ2n) is 5.02. The second kappa shape index (κ2) is 7.03. The minimum Gasteiger partial charge on any atom is -0.480 e. The van der Waals surface area contributed by atoms with Gasteiger partial charge in [0.1, 0.15) is 6.04 Å². The normalized spacial score (nSPS) is 17.3. The third-order valence-corrected chi connectivity index (χ3v) is 3.65. The van der Waals surface area contributed by atoms with E-state index < -0.39 is 12.0 Å². The Morgan fingerprint density at radius 3 is 2.62 bits per heavy atom. The van der Waals surface area contributed by atoms with Gasteiger partial charge in [-0.3, -0.25) is 14.7 Å². The number of pyridine rings is 1. The van der Waals surface area contributed by atoms with Gasteiger partial charge in [0.2, 0.25) is 0 Å². The first-order valence-corrected chi connectivity index (χ1v) is 6.97. The average Bonchev–Trinajstić information content (AvgIpc) is 2.53. The first-order valence-electron chi connectivity index (χ1n) is 6.97. The number of aromatic nitrogens is 1. The van der Waals surface area contributed by atoms with E-state index in [1.165, 1.54) is 0 Å². The Kier molecular flexibility index (Phi) is 5.10. The van der Waals surface area contributed by atoms with Crippen LogP contribution in [0.5, 0.6) is 0 Å². The molecule has 2 heterocycles. The highest BCUT2D eigenvalue weighted by molar-refractivity contribution is 5.74. The number of piperazine rings is 1. The Morgan fingerprint density at radius 1 is 1.33 bits per heavy atom. The molecule has 1 aromatic heterocycles.